The normalized spacial score (nSPS) is 12.0. The van der Waals surface area contributed by atoms with E-state index >= 15 is 0 Å². The van der Waals surface area contributed by atoms with Crippen LogP contribution in [0.15, 0.2) is 18.2 Å². The molecule has 2 amide bonds. The molecule has 1 rings (SSSR count). The van der Waals surface area contributed by atoms with Gasteiger partial charge in [-0.3, -0.25) is 0 Å². The first-order valence-corrected chi connectivity index (χ1v) is 6.50. The highest BCUT2D eigenvalue weighted by molar-refractivity contribution is 5.82. The first kappa shape index (κ1) is 16.9. The van der Waals surface area contributed by atoms with Crippen LogP contribution in [-0.2, 0) is 11.3 Å². The smallest absolute Gasteiger partial charge is 0.326 e. The van der Waals surface area contributed by atoms with Gasteiger partial charge in [-0.2, -0.15) is 0 Å². The molecule has 1 unspecified atom stereocenters. The van der Waals surface area contributed by atoms with Crippen molar-refractivity contribution in [3.05, 3.63) is 35.4 Å². The number of carboxylic acids is 1. The van der Waals surface area contributed by atoms with Crippen LogP contribution in [0.25, 0.3) is 0 Å². The third-order valence-electron chi connectivity index (χ3n) is 2.69. The van der Waals surface area contributed by atoms with Crippen molar-refractivity contribution in [2.75, 3.05) is 0 Å². The number of carbonyl (C=O) groups is 2. The van der Waals surface area contributed by atoms with E-state index < -0.39 is 29.7 Å². The number of halogens is 2. The molecule has 0 fully saturated rings. The molecule has 0 aliphatic carbocycles. The molecule has 0 saturated heterocycles. The Morgan fingerprint density at radius 1 is 1.19 bits per heavy atom. The number of urea groups is 1. The highest BCUT2D eigenvalue weighted by atomic mass is 19.1. The number of carboxylic acid groups (broad SMARTS) is 1. The van der Waals surface area contributed by atoms with Gasteiger partial charge in [0.1, 0.15) is 17.7 Å². The van der Waals surface area contributed by atoms with E-state index in [-0.39, 0.29) is 24.4 Å². The van der Waals surface area contributed by atoms with Gasteiger partial charge in [0.2, 0.25) is 0 Å². The minimum absolute atomic E-state index is 0.101. The number of nitrogens with one attached hydrogen (secondary N) is 2. The van der Waals surface area contributed by atoms with Crippen molar-refractivity contribution in [3.8, 4) is 0 Å². The van der Waals surface area contributed by atoms with E-state index in [1.165, 1.54) is 0 Å². The lowest BCUT2D eigenvalue weighted by Crippen LogP contribution is -2.46. The molecule has 7 heteroatoms. The topological polar surface area (TPSA) is 78.4 Å². The SMILES string of the molecule is CC(C)CC(NC(=O)NCc1cc(F)cc(F)c1)C(=O)O. The van der Waals surface area contributed by atoms with Gasteiger partial charge in [0.05, 0.1) is 0 Å². The van der Waals surface area contributed by atoms with Gasteiger partial charge in [-0.15, -0.1) is 0 Å². The standard InChI is InChI=1S/C14H18F2N2O3/c1-8(2)3-12(13(19)20)18-14(21)17-7-9-4-10(15)6-11(16)5-9/h4-6,8,12H,3,7H2,1-2H3,(H,19,20)(H2,17,18,21). The lowest BCUT2D eigenvalue weighted by atomic mass is 10.0. The summed E-state index contributed by atoms with van der Waals surface area (Å²) in [7, 11) is 0. The molecule has 0 spiro atoms. The molecule has 0 heterocycles. The van der Waals surface area contributed by atoms with E-state index in [1.807, 2.05) is 13.8 Å². The molecule has 0 saturated carbocycles. The zero-order valence-corrected chi connectivity index (χ0v) is 11.8. The van der Waals surface area contributed by atoms with Gasteiger partial charge in [-0.25, -0.2) is 18.4 Å². The van der Waals surface area contributed by atoms with Gasteiger partial charge in [0.15, 0.2) is 0 Å². The van der Waals surface area contributed by atoms with Crippen molar-refractivity contribution < 1.29 is 23.5 Å². The number of hydrogen-bond donors (Lipinski definition) is 3. The monoisotopic (exact) mass is 300 g/mol. The van der Waals surface area contributed by atoms with Crippen LogP contribution in [0.1, 0.15) is 25.8 Å². The summed E-state index contributed by atoms with van der Waals surface area (Å²) in [6, 6.07) is 1.20. The minimum Gasteiger partial charge on any atom is -0.480 e. The molecule has 0 aliphatic heterocycles. The fourth-order valence-corrected chi connectivity index (χ4v) is 1.80. The van der Waals surface area contributed by atoms with Crippen LogP contribution in [0.2, 0.25) is 0 Å². The first-order valence-electron chi connectivity index (χ1n) is 6.50. The van der Waals surface area contributed by atoms with Gasteiger partial charge in [0.25, 0.3) is 0 Å². The number of rotatable bonds is 6. The number of aliphatic carboxylic acids is 1. The summed E-state index contributed by atoms with van der Waals surface area (Å²) in [5.41, 5.74) is 0.249. The summed E-state index contributed by atoms with van der Waals surface area (Å²) in [5.74, 6) is -2.51. The summed E-state index contributed by atoms with van der Waals surface area (Å²) in [6.07, 6.45) is 0.289. The zero-order chi connectivity index (χ0) is 16.0. The second-order valence-electron chi connectivity index (χ2n) is 5.13. The number of hydrogen-bond acceptors (Lipinski definition) is 2. The molecule has 0 aromatic heterocycles. The first-order chi connectivity index (χ1) is 9.77. The van der Waals surface area contributed by atoms with E-state index in [9.17, 15) is 18.4 Å². The summed E-state index contributed by atoms with van der Waals surface area (Å²) < 4.78 is 25.9. The van der Waals surface area contributed by atoms with Crippen LogP contribution in [0, 0.1) is 17.6 Å². The fraction of sp³-hybridized carbons (Fsp3) is 0.429. The molecular formula is C14H18F2N2O3. The second-order valence-corrected chi connectivity index (χ2v) is 5.13. The Morgan fingerprint density at radius 2 is 1.76 bits per heavy atom. The zero-order valence-electron chi connectivity index (χ0n) is 11.8. The van der Waals surface area contributed by atoms with E-state index in [0.29, 0.717) is 0 Å². The largest absolute Gasteiger partial charge is 0.480 e. The maximum Gasteiger partial charge on any atom is 0.326 e. The Labute approximate surface area is 121 Å². The molecule has 1 aromatic rings. The van der Waals surface area contributed by atoms with Crippen LogP contribution >= 0.6 is 0 Å². The Bertz CT molecular complexity index is 501. The predicted molar refractivity (Wildman–Crippen MR) is 72.6 cm³/mol. The van der Waals surface area contributed by atoms with E-state index in [2.05, 4.69) is 10.6 Å². The van der Waals surface area contributed by atoms with E-state index in [1.54, 1.807) is 0 Å². The van der Waals surface area contributed by atoms with Crippen molar-refractivity contribution in [2.24, 2.45) is 5.92 Å². The number of benzene rings is 1. The number of carbonyl (C=O) groups excluding carboxylic acids is 1. The van der Waals surface area contributed by atoms with Crippen molar-refractivity contribution >= 4 is 12.0 Å². The molecule has 0 radical (unpaired) electrons. The van der Waals surface area contributed by atoms with Crippen LogP contribution in [0.4, 0.5) is 13.6 Å². The van der Waals surface area contributed by atoms with Crippen LogP contribution in [0.5, 0.6) is 0 Å². The van der Waals surface area contributed by atoms with Crippen molar-refractivity contribution in [2.45, 2.75) is 32.9 Å². The van der Waals surface area contributed by atoms with Gasteiger partial charge >= 0.3 is 12.0 Å². The van der Waals surface area contributed by atoms with Gasteiger partial charge in [0, 0.05) is 12.6 Å². The Kier molecular flexibility index (Phi) is 6.08. The molecular weight excluding hydrogens is 282 g/mol. The van der Waals surface area contributed by atoms with Crippen LogP contribution < -0.4 is 10.6 Å². The molecule has 1 aromatic carbocycles. The van der Waals surface area contributed by atoms with Gasteiger partial charge in [-0.05, 0) is 30.0 Å². The molecule has 0 aliphatic rings. The van der Waals surface area contributed by atoms with Gasteiger partial charge in [-0.1, -0.05) is 13.8 Å². The molecule has 1 atom stereocenters. The molecule has 5 nitrogen and oxygen atoms in total. The van der Waals surface area contributed by atoms with Gasteiger partial charge < -0.3 is 15.7 Å². The summed E-state index contributed by atoms with van der Waals surface area (Å²) in [6.45, 7) is 3.57. The lowest BCUT2D eigenvalue weighted by Gasteiger charge is -2.17. The maximum atomic E-state index is 13.0. The van der Waals surface area contributed by atoms with Crippen LogP contribution in [0.3, 0.4) is 0 Å². The quantitative estimate of drug-likeness (QED) is 0.754. The summed E-state index contributed by atoms with van der Waals surface area (Å²) >= 11 is 0. The lowest BCUT2D eigenvalue weighted by molar-refractivity contribution is -0.139. The predicted octanol–water partition coefficient (Wildman–Crippen LogP) is 2.26. The van der Waals surface area contributed by atoms with Crippen molar-refractivity contribution in [3.63, 3.8) is 0 Å². The second kappa shape index (κ2) is 7.56. The molecule has 0 bridgehead atoms. The minimum atomic E-state index is -1.13. The summed E-state index contributed by atoms with van der Waals surface area (Å²) in [5, 5.41) is 13.7. The maximum absolute atomic E-state index is 13.0. The number of amides is 2. The molecule has 116 valence electrons. The van der Waals surface area contributed by atoms with Crippen molar-refractivity contribution in [1.82, 2.24) is 10.6 Å². The Hall–Kier alpha value is -2.18. The summed E-state index contributed by atoms with van der Waals surface area (Å²) in [4.78, 5) is 22.6. The fourth-order valence-electron chi connectivity index (χ4n) is 1.80. The average Bonchev–Trinajstić information content (AvgIpc) is 2.33. The van der Waals surface area contributed by atoms with E-state index in [4.69, 9.17) is 5.11 Å². The van der Waals surface area contributed by atoms with Crippen LogP contribution in [-0.4, -0.2) is 23.1 Å². The Morgan fingerprint density at radius 3 is 2.24 bits per heavy atom. The third kappa shape index (κ3) is 6.20. The highest BCUT2D eigenvalue weighted by Crippen LogP contribution is 2.08. The molecule has 21 heavy (non-hydrogen) atoms. The molecule has 3 N–H and O–H groups in total. The Balaban J connectivity index is 2.54. The van der Waals surface area contributed by atoms with Crippen molar-refractivity contribution in [1.29, 1.82) is 0 Å². The van der Waals surface area contributed by atoms with E-state index in [0.717, 1.165) is 18.2 Å². The third-order valence-corrected chi connectivity index (χ3v) is 2.69. The highest BCUT2D eigenvalue weighted by Gasteiger charge is 2.20. The average molecular weight is 300 g/mol.